The van der Waals surface area contributed by atoms with Crippen molar-refractivity contribution in [2.75, 3.05) is 6.54 Å². The van der Waals surface area contributed by atoms with E-state index < -0.39 is 0 Å². The highest BCUT2D eigenvalue weighted by Crippen LogP contribution is 2.21. The molecule has 3 heterocycles. The van der Waals surface area contributed by atoms with Gasteiger partial charge in [0, 0.05) is 18.3 Å². The van der Waals surface area contributed by atoms with Crippen molar-refractivity contribution in [1.82, 2.24) is 24.9 Å². The number of hydrogen-bond donors (Lipinski definition) is 0. The molecule has 5 nitrogen and oxygen atoms in total. The standard InChI is InChI=1S/C14H21N5/c1-11(2)18-8-4-3-5-12(18)10-19-14-6-7-15-9-13(14)16-17-19/h6-7,9,11-12H,3-5,8,10H2,1-2H3. The van der Waals surface area contributed by atoms with E-state index in [0.29, 0.717) is 12.1 Å². The molecule has 0 saturated carbocycles. The van der Waals surface area contributed by atoms with Crippen molar-refractivity contribution in [2.45, 2.75) is 51.7 Å². The van der Waals surface area contributed by atoms with Crippen LogP contribution in [-0.2, 0) is 6.54 Å². The molecule has 0 aromatic carbocycles. The second-order valence-corrected chi connectivity index (χ2v) is 5.62. The molecule has 0 radical (unpaired) electrons. The molecule has 0 N–H and O–H groups in total. The van der Waals surface area contributed by atoms with E-state index in [1.54, 1.807) is 6.20 Å². The van der Waals surface area contributed by atoms with Crippen LogP contribution in [0.2, 0.25) is 0 Å². The SMILES string of the molecule is CC(C)N1CCCCC1Cn1nnc2cnccc21. The van der Waals surface area contributed by atoms with Crippen LogP contribution in [0.4, 0.5) is 0 Å². The Labute approximate surface area is 113 Å². The summed E-state index contributed by atoms with van der Waals surface area (Å²) >= 11 is 0. The van der Waals surface area contributed by atoms with Crippen molar-refractivity contribution >= 4 is 11.0 Å². The Morgan fingerprint density at radius 1 is 1.37 bits per heavy atom. The van der Waals surface area contributed by atoms with Crippen molar-refractivity contribution in [2.24, 2.45) is 0 Å². The van der Waals surface area contributed by atoms with E-state index in [1.165, 1.54) is 25.8 Å². The zero-order valence-electron chi connectivity index (χ0n) is 11.7. The van der Waals surface area contributed by atoms with Crippen LogP contribution in [0.25, 0.3) is 11.0 Å². The third kappa shape index (κ3) is 2.47. The van der Waals surface area contributed by atoms with Gasteiger partial charge in [-0.1, -0.05) is 11.6 Å². The lowest BCUT2D eigenvalue weighted by molar-refractivity contribution is 0.0970. The summed E-state index contributed by atoms with van der Waals surface area (Å²) in [6.45, 7) is 6.69. The van der Waals surface area contributed by atoms with E-state index in [9.17, 15) is 0 Å². The number of aromatic nitrogens is 4. The van der Waals surface area contributed by atoms with Crippen LogP contribution < -0.4 is 0 Å². The summed E-state index contributed by atoms with van der Waals surface area (Å²) in [6.07, 6.45) is 7.48. The summed E-state index contributed by atoms with van der Waals surface area (Å²) in [5.74, 6) is 0. The first-order chi connectivity index (χ1) is 9.25. The van der Waals surface area contributed by atoms with Gasteiger partial charge in [0.05, 0.1) is 18.3 Å². The van der Waals surface area contributed by atoms with Gasteiger partial charge < -0.3 is 0 Å². The molecule has 102 valence electrons. The lowest BCUT2D eigenvalue weighted by atomic mass is 10.0. The van der Waals surface area contributed by atoms with Gasteiger partial charge in [-0.3, -0.25) is 9.88 Å². The highest BCUT2D eigenvalue weighted by Gasteiger charge is 2.25. The molecule has 3 rings (SSSR count). The number of fused-ring (bicyclic) bond motifs is 1. The third-order valence-electron chi connectivity index (χ3n) is 4.04. The van der Waals surface area contributed by atoms with Crippen molar-refractivity contribution in [1.29, 1.82) is 0 Å². The van der Waals surface area contributed by atoms with Gasteiger partial charge in [-0.15, -0.1) is 5.10 Å². The number of nitrogens with zero attached hydrogens (tertiary/aromatic N) is 5. The smallest absolute Gasteiger partial charge is 0.131 e. The van der Waals surface area contributed by atoms with Crippen LogP contribution in [-0.4, -0.2) is 43.5 Å². The molecule has 2 aromatic rings. The van der Waals surface area contributed by atoms with E-state index in [2.05, 4.69) is 34.0 Å². The highest BCUT2D eigenvalue weighted by molar-refractivity contribution is 5.72. The zero-order valence-corrected chi connectivity index (χ0v) is 11.7. The molecular weight excluding hydrogens is 238 g/mol. The molecule has 1 saturated heterocycles. The van der Waals surface area contributed by atoms with Crippen LogP contribution in [0, 0.1) is 0 Å². The third-order valence-corrected chi connectivity index (χ3v) is 4.04. The van der Waals surface area contributed by atoms with E-state index in [-0.39, 0.29) is 0 Å². The topological polar surface area (TPSA) is 46.8 Å². The summed E-state index contributed by atoms with van der Waals surface area (Å²) < 4.78 is 2.03. The van der Waals surface area contributed by atoms with E-state index in [1.807, 2.05) is 16.9 Å². The van der Waals surface area contributed by atoms with Gasteiger partial charge in [-0.25, -0.2) is 4.68 Å². The summed E-state index contributed by atoms with van der Waals surface area (Å²) in [5.41, 5.74) is 1.97. The normalized spacial score (nSPS) is 21.3. The molecule has 1 aliphatic rings. The van der Waals surface area contributed by atoms with Crippen molar-refractivity contribution in [3.63, 3.8) is 0 Å². The Kier molecular flexibility index (Phi) is 3.46. The second-order valence-electron chi connectivity index (χ2n) is 5.62. The maximum Gasteiger partial charge on any atom is 0.131 e. The predicted molar refractivity (Wildman–Crippen MR) is 74.8 cm³/mol. The summed E-state index contributed by atoms with van der Waals surface area (Å²) in [5, 5.41) is 8.47. The minimum absolute atomic E-state index is 0.576. The van der Waals surface area contributed by atoms with E-state index in [4.69, 9.17) is 0 Å². The Bertz CT molecular complexity index is 548. The van der Waals surface area contributed by atoms with Gasteiger partial charge in [0.25, 0.3) is 0 Å². The van der Waals surface area contributed by atoms with Crippen molar-refractivity contribution < 1.29 is 0 Å². The van der Waals surface area contributed by atoms with Crippen LogP contribution in [0.5, 0.6) is 0 Å². The van der Waals surface area contributed by atoms with Gasteiger partial charge in [0.1, 0.15) is 5.52 Å². The number of rotatable bonds is 3. The fourth-order valence-corrected chi connectivity index (χ4v) is 3.06. The van der Waals surface area contributed by atoms with Gasteiger partial charge in [0.2, 0.25) is 0 Å². The molecule has 0 amide bonds. The summed E-state index contributed by atoms with van der Waals surface area (Å²) in [6, 6.07) is 3.17. The van der Waals surface area contributed by atoms with Crippen LogP contribution in [0.1, 0.15) is 33.1 Å². The Balaban J connectivity index is 1.83. The zero-order chi connectivity index (χ0) is 13.2. The molecule has 19 heavy (non-hydrogen) atoms. The summed E-state index contributed by atoms with van der Waals surface area (Å²) in [7, 11) is 0. The predicted octanol–water partition coefficient (Wildman–Crippen LogP) is 2.09. The highest BCUT2D eigenvalue weighted by atomic mass is 15.4. The minimum Gasteiger partial charge on any atom is -0.296 e. The lowest BCUT2D eigenvalue weighted by Crippen LogP contribution is -2.46. The quantitative estimate of drug-likeness (QED) is 0.846. The second kappa shape index (κ2) is 5.25. The largest absolute Gasteiger partial charge is 0.296 e. The van der Waals surface area contributed by atoms with Gasteiger partial charge in [0.15, 0.2) is 0 Å². The molecule has 1 unspecified atom stereocenters. The maximum atomic E-state index is 4.28. The molecule has 0 aliphatic carbocycles. The fourth-order valence-electron chi connectivity index (χ4n) is 3.06. The molecule has 0 spiro atoms. The molecule has 2 aromatic heterocycles. The van der Waals surface area contributed by atoms with Gasteiger partial charge >= 0.3 is 0 Å². The number of pyridine rings is 1. The lowest BCUT2D eigenvalue weighted by Gasteiger charge is -2.38. The Morgan fingerprint density at radius 3 is 3.11 bits per heavy atom. The maximum absolute atomic E-state index is 4.28. The van der Waals surface area contributed by atoms with Crippen molar-refractivity contribution in [3.8, 4) is 0 Å². The van der Waals surface area contributed by atoms with Gasteiger partial charge in [-0.2, -0.15) is 0 Å². The number of piperidine rings is 1. The van der Waals surface area contributed by atoms with Gasteiger partial charge in [-0.05, 0) is 39.3 Å². The average Bonchev–Trinajstić information content (AvgIpc) is 2.83. The van der Waals surface area contributed by atoms with E-state index >= 15 is 0 Å². The summed E-state index contributed by atoms with van der Waals surface area (Å²) in [4.78, 5) is 6.69. The van der Waals surface area contributed by atoms with Crippen LogP contribution in [0.15, 0.2) is 18.5 Å². The fraction of sp³-hybridized carbons (Fsp3) is 0.643. The first-order valence-corrected chi connectivity index (χ1v) is 7.14. The molecule has 0 bridgehead atoms. The number of hydrogen-bond acceptors (Lipinski definition) is 4. The van der Waals surface area contributed by atoms with Crippen LogP contribution >= 0.6 is 0 Å². The monoisotopic (exact) mass is 259 g/mol. The average molecular weight is 259 g/mol. The van der Waals surface area contributed by atoms with E-state index in [0.717, 1.165) is 17.6 Å². The Hall–Kier alpha value is -1.49. The molecule has 1 fully saturated rings. The first kappa shape index (κ1) is 12.5. The molecule has 1 aliphatic heterocycles. The minimum atomic E-state index is 0.576. The first-order valence-electron chi connectivity index (χ1n) is 7.14. The number of likely N-dealkylation sites (tertiary alicyclic amines) is 1. The molecular formula is C14H21N5. The van der Waals surface area contributed by atoms with Crippen LogP contribution in [0.3, 0.4) is 0 Å². The Morgan fingerprint density at radius 2 is 2.26 bits per heavy atom. The molecule has 1 atom stereocenters. The molecule has 5 heteroatoms. The van der Waals surface area contributed by atoms with Crippen molar-refractivity contribution in [3.05, 3.63) is 18.5 Å².